The second-order valence-corrected chi connectivity index (χ2v) is 13.7. The zero-order valence-corrected chi connectivity index (χ0v) is 30.1. The van der Waals surface area contributed by atoms with E-state index in [2.05, 4.69) is 31.2 Å². The van der Waals surface area contributed by atoms with Crippen LogP contribution in [0.2, 0.25) is 10.0 Å². The molecule has 14 nitrogen and oxygen atoms in total. The number of nitrogens with one attached hydrogen (secondary N) is 4. The number of carbonyl (C=O) groups is 3. The number of halogens is 2. The van der Waals surface area contributed by atoms with E-state index in [4.69, 9.17) is 47.6 Å². The number of hydrogen-bond donors (Lipinski definition) is 4. The third-order valence-electron chi connectivity index (χ3n) is 9.71. The van der Waals surface area contributed by atoms with E-state index in [0.717, 1.165) is 6.42 Å². The summed E-state index contributed by atoms with van der Waals surface area (Å²) in [6, 6.07) is 10.9. The number of nitrogens with zero attached hydrogens (tertiary/aromatic N) is 5. The second kappa shape index (κ2) is 15.0. The van der Waals surface area contributed by atoms with Crippen LogP contribution < -0.4 is 30.7 Å². The third kappa shape index (κ3) is 7.11. The molecule has 270 valence electrons. The Balaban J connectivity index is 1.08. The molecule has 0 saturated carbocycles. The van der Waals surface area contributed by atoms with Crippen molar-refractivity contribution in [2.75, 3.05) is 33.9 Å². The molecule has 3 fully saturated rings. The summed E-state index contributed by atoms with van der Waals surface area (Å²) in [5.41, 5.74) is 4.19. The summed E-state index contributed by atoms with van der Waals surface area (Å²) < 4.78 is 11.2. The highest BCUT2D eigenvalue weighted by molar-refractivity contribution is 6.39. The molecular weight excluding hydrogens is 709 g/mol. The minimum absolute atomic E-state index is 0.0735. The molecule has 7 rings (SSSR count). The van der Waals surface area contributed by atoms with Crippen molar-refractivity contribution in [3.05, 3.63) is 70.2 Å². The lowest BCUT2D eigenvalue weighted by Gasteiger charge is -2.36. The van der Waals surface area contributed by atoms with Crippen LogP contribution in [0.15, 0.2) is 48.8 Å². The fourth-order valence-electron chi connectivity index (χ4n) is 6.87. The van der Waals surface area contributed by atoms with Gasteiger partial charge >= 0.3 is 6.03 Å². The van der Waals surface area contributed by atoms with Crippen molar-refractivity contribution in [1.29, 1.82) is 0 Å². The number of ether oxygens (including phenoxy) is 2. The summed E-state index contributed by atoms with van der Waals surface area (Å²) in [6.07, 6.45) is 5.67. The predicted octanol–water partition coefficient (Wildman–Crippen LogP) is 4.13. The first-order valence-corrected chi connectivity index (χ1v) is 17.7. The molecule has 5 heterocycles. The van der Waals surface area contributed by atoms with Gasteiger partial charge < -0.3 is 25.4 Å². The van der Waals surface area contributed by atoms with Crippen molar-refractivity contribution in [3.63, 3.8) is 0 Å². The van der Waals surface area contributed by atoms with Crippen LogP contribution in [0.25, 0.3) is 33.6 Å². The largest absolute Gasteiger partial charge is 0.480 e. The van der Waals surface area contributed by atoms with Gasteiger partial charge in [-0.05, 0) is 19.3 Å². The Morgan fingerprint density at radius 3 is 1.98 bits per heavy atom. The van der Waals surface area contributed by atoms with Gasteiger partial charge in [-0.3, -0.25) is 29.8 Å². The Labute approximate surface area is 310 Å². The molecule has 2 aromatic carbocycles. The molecule has 0 radical (unpaired) electrons. The Hall–Kier alpha value is -4.89. The summed E-state index contributed by atoms with van der Waals surface area (Å²) in [5.74, 6) is 0.538. The van der Waals surface area contributed by atoms with E-state index in [1.807, 2.05) is 36.4 Å². The maximum Gasteiger partial charge on any atom is 0.322 e. The Bertz CT molecular complexity index is 2040. The van der Waals surface area contributed by atoms with Crippen LogP contribution in [-0.2, 0) is 22.7 Å². The summed E-state index contributed by atoms with van der Waals surface area (Å²) >= 11 is 14.1. The monoisotopic (exact) mass is 745 g/mol. The van der Waals surface area contributed by atoms with E-state index in [-0.39, 0.29) is 17.9 Å². The fourth-order valence-corrected chi connectivity index (χ4v) is 7.52. The molecule has 4 aromatic rings. The van der Waals surface area contributed by atoms with E-state index >= 15 is 0 Å². The second-order valence-electron chi connectivity index (χ2n) is 13.0. The molecule has 3 aliphatic heterocycles. The molecule has 0 aliphatic carbocycles. The average molecular weight is 747 g/mol. The maximum atomic E-state index is 12.4. The maximum absolute atomic E-state index is 12.4. The summed E-state index contributed by atoms with van der Waals surface area (Å²) in [4.78, 5) is 56.5. The quantitative estimate of drug-likeness (QED) is 0.163. The molecular formula is C36H37Cl2N9O5. The SMILES string of the molecule is COc1nc(-c2cccc(-c3cccc(-c4cnc(CN5CCC6(CC5)NC(=O)NC6=O)c(OC)n4)c3Cl)c2Cl)cnc1CNCC1CCC(=O)N1. The smallest absolute Gasteiger partial charge is 0.322 e. The highest BCUT2D eigenvalue weighted by Crippen LogP contribution is 2.42. The van der Waals surface area contributed by atoms with Crippen LogP contribution in [0.5, 0.6) is 11.8 Å². The molecule has 16 heteroatoms. The summed E-state index contributed by atoms with van der Waals surface area (Å²) in [6.45, 7) is 2.70. The fraction of sp³-hybridized carbons (Fsp3) is 0.361. The summed E-state index contributed by atoms with van der Waals surface area (Å²) in [7, 11) is 3.09. The van der Waals surface area contributed by atoms with Gasteiger partial charge in [-0.25, -0.2) is 14.8 Å². The van der Waals surface area contributed by atoms with Crippen LogP contribution in [0.4, 0.5) is 4.79 Å². The lowest BCUT2D eigenvalue weighted by molar-refractivity contribution is -0.125. The number of aromatic nitrogens is 4. The van der Waals surface area contributed by atoms with Gasteiger partial charge in [0.15, 0.2) is 0 Å². The lowest BCUT2D eigenvalue weighted by atomic mass is 9.87. The Morgan fingerprint density at radius 1 is 0.865 bits per heavy atom. The van der Waals surface area contributed by atoms with E-state index in [1.165, 1.54) is 0 Å². The van der Waals surface area contributed by atoms with Gasteiger partial charge in [-0.1, -0.05) is 59.6 Å². The molecule has 3 aliphatic rings. The normalized spacial score (nSPS) is 18.3. The van der Waals surface area contributed by atoms with Gasteiger partial charge in [0, 0.05) is 67.4 Å². The first kappa shape index (κ1) is 35.5. The van der Waals surface area contributed by atoms with E-state index < -0.39 is 11.6 Å². The molecule has 52 heavy (non-hydrogen) atoms. The Morgan fingerprint density at radius 2 is 1.44 bits per heavy atom. The number of likely N-dealkylation sites (tertiary alicyclic amines) is 1. The number of imide groups is 1. The minimum atomic E-state index is -0.850. The number of methoxy groups -OCH3 is 2. The topological polar surface area (TPSA) is 173 Å². The summed E-state index contributed by atoms with van der Waals surface area (Å²) in [5, 5.41) is 12.3. The van der Waals surface area contributed by atoms with Gasteiger partial charge in [-0.2, -0.15) is 0 Å². The number of carbonyl (C=O) groups excluding carboxylic acids is 3. The number of piperidine rings is 1. The molecule has 4 amide bonds. The predicted molar refractivity (Wildman–Crippen MR) is 194 cm³/mol. The van der Waals surface area contributed by atoms with Crippen molar-refractivity contribution in [2.24, 2.45) is 0 Å². The Kier molecular flexibility index (Phi) is 10.2. The van der Waals surface area contributed by atoms with Crippen LogP contribution in [0, 0.1) is 0 Å². The molecule has 3 saturated heterocycles. The average Bonchev–Trinajstić information content (AvgIpc) is 3.69. The highest BCUT2D eigenvalue weighted by atomic mass is 35.5. The number of benzene rings is 2. The van der Waals surface area contributed by atoms with E-state index in [9.17, 15) is 14.4 Å². The van der Waals surface area contributed by atoms with Gasteiger partial charge in [0.05, 0.1) is 48.0 Å². The number of hydrogen-bond acceptors (Lipinski definition) is 11. The third-order valence-corrected chi connectivity index (χ3v) is 10.5. The molecule has 1 spiro atoms. The van der Waals surface area contributed by atoms with E-state index in [0.29, 0.717) is 119 Å². The zero-order valence-electron chi connectivity index (χ0n) is 28.6. The van der Waals surface area contributed by atoms with Crippen molar-refractivity contribution in [1.82, 2.24) is 46.1 Å². The molecule has 1 unspecified atom stereocenters. The van der Waals surface area contributed by atoms with Crippen LogP contribution in [0.3, 0.4) is 0 Å². The molecule has 2 aromatic heterocycles. The number of urea groups is 1. The first-order chi connectivity index (χ1) is 25.2. The van der Waals surface area contributed by atoms with Crippen LogP contribution in [0.1, 0.15) is 37.1 Å². The van der Waals surface area contributed by atoms with Gasteiger partial charge in [0.25, 0.3) is 5.91 Å². The van der Waals surface area contributed by atoms with Crippen LogP contribution in [-0.4, -0.2) is 88.1 Å². The van der Waals surface area contributed by atoms with Gasteiger partial charge in [0.1, 0.15) is 16.9 Å². The lowest BCUT2D eigenvalue weighted by Crippen LogP contribution is -2.54. The number of amides is 4. The first-order valence-electron chi connectivity index (χ1n) is 16.9. The molecule has 1 atom stereocenters. The van der Waals surface area contributed by atoms with Crippen LogP contribution >= 0.6 is 23.2 Å². The van der Waals surface area contributed by atoms with Crippen molar-refractivity contribution in [3.8, 4) is 45.4 Å². The minimum Gasteiger partial charge on any atom is -0.480 e. The van der Waals surface area contributed by atoms with Crippen molar-refractivity contribution >= 4 is 41.0 Å². The number of rotatable bonds is 11. The van der Waals surface area contributed by atoms with E-state index in [1.54, 1.807) is 26.6 Å². The highest BCUT2D eigenvalue weighted by Gasteiger charge is 2.47. The molecule has 0 bridgehead atoms. The zero-order chi connectivity index (χ0) is 36.4. The standard InChI is InChI=1S/C36H37Cl2N9O5/c1-51-32-27(16-39-15-20-9-10-29(48)42-20)40-17-25(43-32)23-7-3-5-21(30(23)37)22-6-4-8-24(31(22)38)26-18-41-28(33(44-26)52-2)19-47-13-11-36(12-14-47)34(49)45-35(50)46-36/h3-8,17-18,20,39H,9-16,19H2,1-2H3,(H,42,48)(H2,45,46,49,50). The van der Waals surface area contributed by atoms with Crippen molar-refractivity contribution in [2.45, 2.75) is 50.4 Å². The van der Waals surface area contributed by atoms with Gasteiger partial charge in [-0.15, -0.1) is 0 Å². The van der Waals surface area contributed by atoms with Gasteiger partial charge in [0.2, 0.25) is 17.7 Å². The molecule has 4 N–H and O–H groups in total. The van der Waals surface area contributed by atoms with Crippen molar-refractivity contribution < 1.29 is 23.9 Å².